The van der Waals surface area contributed by atoms with E-state index in [1.54, 1.807) is 0 Å². The molecule has 1 aromatic carbocycles. The van der Waals surface area contributed by atoms with Gasteiger partial charge in [0.15, 0.2) is 0 Å². The van der Waals surface area contributed by atoms with E-state index in [0.717, 1.165) is 25.3 Å². The predicted octanol–water partition coefficient (Wildman–Crippen LogP) is 3.71. The number of rotatable bonds is 7. The largest absolute Gasteiger partial charge is 0.493 e. The standard InChI is InChI=1S/C16H27NO/c1-13-7-8-14(2)15(11-13)18-10-6-9-16(3,4)12-17-5/h7-8,11,17H,6,9-10,12H2,1-5H3. The monoisotopic (exact) mass is 249 g/mol. The highest BCUT2D eigenvalue weighted by Gasteiger charge is 2.15. The van der Waals surface area contributed by atoms with E-state index in [1.165, 1.54) is 17.5 Å². The van der Waals surface area contributed by atoms with Gasteiger partial charge < -0.3 is 10.1 Å². The van der Waals surface area contributed by atoms with Crippen LogP contribution in [0.1, 0.15) is 37.8 Å². The number of hydrogen-bond donors (Lipinski definition) is 1. The predicted molar refractivity (Wildman–Crippen MR) is 78.4 cm³/mol. The average Bonchev–Trinajstić information content (AvgIpc) is 2.29. The molecule has 0 saturated carbocycles. The van der Waals surface area contributed by atoms with Crippen molar-refractivity contribution in [1.82, 2.24) is 5.32 Å². The van der Waals surface area contributed by atoms with Gasteiger partial charge in [-0.25, -0.2) is 0 Å². The van der Waals surface area contributed by atoms with Gasteiger partial charge >= 0.3 is 0 Å². The van der Waals surface area contributed by atoms with Crippen molar-refractivity contribution in [3.05, 3.63) is 29.3 Å². The Kier molecular flexibility index (Phi) is 5.67. The molecule has 0 aliphatic rings. The molecule has 0 saturated heterocycles. The lowest BCUT2D eigenvalue weighted by Gasteiger charge is -2.24. The third-order valence-corrected chi connectivity index (χ3v) is 3.25. The van der Waals surface area contributed by atoms with E-state index in [9.17, 15) is 0 Å². The summed E-state index contributed by atoms with van der Waals surface area (Å²) < 4.78 is 5.87. The topological polar surface area (TPSA) is 21.3 Å². The normalized spacial score (nSPS) is 11.6. The molecule has 2 nitrogen and oxygen atoms in total. The third kappa shape index (κ3) is 5.09. The molecule has 0 atom stereocenters. The molecule has 1 aromatic rings. The van der Waals surface area contributed by atoms with Crippen LogP contribution in [-0.2, 0) is 0 Å². The van der Waals surface area contributed by atoms with Gasteiger partial charge in [0.05, 0.1) is 6.61 Å². The lowest BCUT2D eigenvalue weighted by atomic mass is 9.88. The van der Waals surface area contributed by atoms with Crippen LogP contribution in [-0.4, -0.2) is 20.2 Å². The number of hydrogen-bond acceptors (Lipinski definition) is 2. The second-order valence-corrected chi connectivity index (χ2v) is 5.92. The van der Waals surface area contributed by atoms with E-state index in [0.29, 0.717) is 5.41 Å². The van der Waals surface area contributed by atoms with Crippen LogP contribution in [0.4, 0.5) is 0 Å². The van der Waals surface area contributed by atoms with Gasteiger partial charge in [-0.3, -0.25) is 0 Å². The minimum atomic E-state index is 0.347. The molecular formula is C16H27NO. The van der Waals surface area contributed by atoms with E-state index in [2.05, 4.69) is 51.2 Å². The Morgan fingerprint density at radius 1 is 1.22 bits per heavy atom. The quantitative estimate of drug-likeness (QED) is 0.744. The molecule has 1 rings (SSSR count). The molecule has 18 heavy (non-hydrogen) atoms. The number of ether oxygens (including phenoxy) is 1. The molecule has 102 valence electrons. The SMILES string of the molecule is CNCC(C)(C)CCCOc1cc(C)ccc1C. The van der Waals surface area contributed by atoms with Gasteiger partial charge in [-0.2, -0.15) is 0 Å². The zero-order valence-electron chi connectivity index (χ0n) is 12.5. The summed E-state index contributed by atoms with van der Waals surface area (Å²) in [5.41, 5.74) is 2.82. The fourth-order valence-electron chi connectivity index (χ4n) is 2.16. The number of aryl methyl sites for hydroxylation is 2. The molecule has 0 aliphatic carbocycles. The lowest BCUT2D eigenvalue weighted by Crippen LogP contribution is -2.27. The Morgan fingerprint density at radius 2 is 1.94 bits per heavy atom. The van der Waals surface area contributed by atoms with Crippen molar-refractivity contribution in [2.24, 2.45) is 5.41 Å². The van der Waals surface area contributed by atoms with Crippen LogP contribution in [0.25, 0.3) is 0 Å². The van der Waals surface area contributed by atoms with Crippen molar-refractivity contribution in [1.29, 1.82) is 0 Å². The van der Waals surface area contributed by atoms with E-state index in [4.69, 9.17) is 4.74 Å². The highest BCUT2D eigenvalue weighted by atomic mass is 16.5. The van der Waals surface area contributed by atoms with Crippen LogP contribution in [0.3, 0.4) is 0 Å². The highest BCUT2D eigenvalue weighted by molar-refractivity contribution is 5.35. The first-order chi connectivity index (χ1) is 8.44. The summed E-state index contributed by atoms with van der Waals surface area (Å²) in [4.78, 5) is 0. The number of benzene rings is 1. The van der Waals surface area contributed by atoms with E-state index in [1.807, 2.05) is 7.05 Å². The minimum Gasteiger partial charge on any atom is -0.493 e. The zero-order valence-corrected chi connectivity index (χ0v) is 12.5. The summed E-state index contributed by atoms with van der Waals surface area (Å²) in [6.45, 7) is 10.6. The molecule has 1 N–H and O–H groups in total. The Bertz CT molecular complexity index is 371. The molecule has 0 radical (unpaired) electrons. The number of nitrogens with one attached hydrogen (secondary N) is 1. The summed E-state index contributed by atoms with van der Waals surface area (Å²) in [5, 5.41) is 3.24. The van der Waals surface area contributed by atoms with Crippen LogP contribution in [0.5, 0.6) is 5.75 Å². The van der Waals surface area contributed by atoms with Crippen molar-refractivity contribution in [2.75, 3.05) is 20.2 Å². The van der Waals surface area contributed by atoms with E-state index >= 15 is 0 Å². The molecule has 0 unspecified atom stereocenters. The molecule has 0 aromatic heterocycles. The Hall–Kier alpha value is -1.02. The average molecular weight is 249 g/mol. The van der Waals surface area contributed by atoms with Crippen LogP contribution in [0.2, 0.25) is 0 Å². The van der Waals surface area contributed by atoms with Crippen LogP contribution in [0.15, 0.2) is 18.2 Å². The molecule has 0 bridgehead atoms. The van der Waals surface area contributed by atoms with Crippen molar-refractivity contribution in [3.63, 3.8) is 0 Å². The zero-order chi connectivity index (χ0) is 13.6. The van der Waals surface area contributed by atoms with Crippen molar-refractivity contribution >= 4 is 0 Å². The second-order valence-electron chi connectivity index (χ2n) is 5.92. The summed E-state index contributed by atoms with van der Waals surface area (Å²) >= 11 is 0. The van der Waals surface area contributed by atoms with Gasteiger partial charge in [0, 0.05) is 0 Å². The van der Waals surface area contributed by atoms with E-state index < -0.39 is 0 Å². The van der Waals surface area contributed by atoms with Crippen molar-refractivity contribution in [3.8, 4) is 5.75 Å². The first-order valence-corrected chi connectivity index (χ1v) is 6.79. The molecule has 0 spiro atoms. The minimum absolute atomic E-state index is 0.347. The fourth-order valence-corrected chi connectivity index (χ4v) is 2.16. The smallest absolute Gasteiger partial charge is 0.122 e. The van der Waals surface area contributed by atoms with E-state index in [-0.39, 0.29) is 0 Å². The molecule has 0 amide bonds. The van der Waals surface area contributed by atoms with Crippen molar-refractivity contribution < 1.29 is 4.74 Å². The molecular weight excluding hydrogens is 222 g/mol. The first kappa shape index (κ1) is 15.0. The summed E-state index contributed by atoms with van der Waals surface area (Å²) in [5.74, 6) is 1.03. The Balaban J connectivity index is 2.36. The van der Waals surface area contributed by atoms with Crippen LogP contribution in [0, 0.1) is 19.3 Å². The maximum atomic E-state index is 5.87. The van der Waals surface area contributed by atoms with Crippen LogP contribution < -0.4 is 10.1 Å². The molecule has 2 heteroatoms. The van der Waals surface area contributed by atoms with Crippen LogP contribution >= 0.6 is 0 Å². The maximum Gasteiger partial charge on any atom is 0.122 e. The fraction of sp³-hybridized carbons (Fsp3) is 0.625. The van der Waals surface area contributed by atoms with Gasteiger partial charge in [0.2, 0.25) is 0 Å². The van der Waals surface area contributed by atoms with Gasteiger partial charge in [-0.1, -0.05) is 26.0 Å². The lowest BCUT2D eigenvalue weighted by molar-refractivity contribution is 0.252. The first-order valence-electron chi connectivity index (χ1n) is 6.79. The Labute approximate surface area is 112 Å². The Morgan fingerprint density at radius 3 is 2.61 bits per heavy atom. The maximum absolute atomic E-state index is 5.87. The summed E-state index contributed by atoms with van der Waals surface area (Å²) in [7, 11) is 2.01. The second kappa shape index (κ2) is 6.79. The van der Waals surface area contributed by atoms with Gasteiger partial charge in [0.1, 0.15) is 5.75 Å². The summed E-state index contributed by atoms with van der Waals surface area (Å²) in [6.07, 6.45) is 2.28. The molecule has 0 aliphatic heterocycles. The van der Waals surface area contributed by atoms with Gasteiger partial charge in [-0.05, 0) is 62.9 Å². The summed E-state index contributed by atoms with van der Waals surface area (Å²) in [6, 6.07) is 6.36. The highest BCUT2D eigenvalue weighted by Crippen LogP contribution is 2.23. The van der Waals surface area contributed by atoms with Gasteiger partial charge in [-0.15, -0.1) is 0 Å². The third-order valence-electron chi connectivity index (χ3n) is 3.25. The van der Waals surface area contributed by atoms with Crippen molar-refractivity contribution in [2.45, 2.75) is 40.5 Å². The molecule has 0 heterocycles. The van der Waals surface area contributed by atoms with Gasteiger partial charge in [0.25, 0.3) is 0 Å². The molecule has 0 fully saturated rings.